The van der Waals surface area contributed by atoms with E-state index in [4.69, 9.17) is 41.3 Å². The number of methoxy groups -OCH3 is 3. The fourth-order valence-corrected chi connectivity index (χ4v) is 4.83. The van der Waals surface area contributed by atoms with Gasteiger partial charge in [0.15, 0.2) is 16.2 Å². The van der Waals surface area contributed by atoms with Crippen LogP contribution in [-0.4, -0.2) is 50.4 Å². The van der Waals surface area contributed by atoms with Crippen molar-refractivity contribution in [2.45, 2.75) is 33.3 Å². The number of fused-ring (bicyclic) bond motifs is 1. The monoisotopic (exact) mass is 578 g/mol. The molecule has 0 bridgehead atoms. The summed E-state index contributed by atoms with van der Waals surface area (Å²) in [6.07, 6.45) is 1.91. The molecule has 0 aliphatic carbocycles. The van der Waals surface area contributed by atoms with Gasteiger partial charge in [0.25, 0.3) is 0 Å². The molecule has 0 aliphatic rings. The van der Waals surface area contributed by atoms with Crippen molar-refractivity contribution in [3.05, 3.63) is 69.8 Å². The number of carbonyl (C=O) groups excluding carboxylic acids is 1. The van der Waals surface area contributed by atoms with Crippen molar-refractivity contribution < 1.29 is 28.2 Å². The minimum absolute atomic E-state index is 0.0364. The van der Waals surface area contributed by atoms with Crippen LogP contribution < -0.4 is 24.8 Å². The van der Waals surface area contributed by atoms with Crippen LogP contribution >= 0.6 is 12.2 Å². The molecule has 11 heteroatoms. The van der Waals surface area contributed by atoms with Crippen molar-refractivity contribution in [3.8, 4) is 17.2 Å². The maximum Gasteiger partial charge on any atom is 0.313 e. The number of hydrogen-bond acceptors (Lipinski definition) is 11. The molecule has 41 heavy (non-hydrogen) atoms. The van der Waals surface area contributed by atoms with Crippen LogP contribution in [0.5, 0.6) is 17.2 Å². The van der Waals surface area contributed by atoms with E-state index < -0.39 is 5.97 Å². The van der Waals surface area contributed by atoms with Gasteiger partial charge in [0, 0.05) is 54.0 Å². The summed E-state index contributed by atoms with van der Waals surface area (Å²) in [6, 6.07) is 11.3. The molecule has 0 aliphatic heterocycles. The third-order valence-electron chi connectivity index (χ3n) is 6.70. The number of anilines is 2. The van der Waals surface area contributed by atoms with E-state index in [2.05, 4.69) is 28.7 Å². The Labute approximate surface area is 244 Å². The summed E-state index contributed by atoms with van der Waals surface area (Å²) in [7, 11) is 4.66. The van der Waals surface area contributed by atoms with Gasteiger partial charge in [0.1, 0.15) is 30.3 Å². The standard InChI is InChI=1S/C30H34N4O6S/c1-6-34(7-2)21-8-9-22-20(13-28(41)40-23(22)14-21)17-39-27(35)15-26-32-16-19(30(31)33-26)10-18-11-24(36-3)29(38-5)25(12-18)37-4/h8-9,11-14,16H,6-7,10,15,17H2,1-5H3,(H2,31,32,33). The highest BCUT2D eigenvalue weighted by Gasteiger charge is 2.16. The number of hydrogen-bond donors (Lipinski definition) is 1. The first kappa shape index (κ1) is 29.6. The second-order valence-corrected chi connectivity index (χ2v) is 9.59. The molecule has 10 nitrogen and oxygen atoms in total. The lowest BCUT2D eigenvalue weighted by molar-refractivity contribution is -0.144. The summed E-state index contributed by atoms with van der Waals surface area (Å²) >= 11 is 5.32. The molecule has 0 spiro atoms. The first-order valence-electron chi connectivity index (χ1n) is 13.2. The Kier molecular flexibility index (Phi) is 9.61. The lowest BCUT2D eigenvalue weighted by Crippen LogP contribution is -2.21. The highest BCUT2D eigenvalue weighted by atomic mass is 32.1. The van der Waals surface area contributed by atoms with Crippen LogP contribution in [0.4, 0.5) is 11.5 Å². The van der Waals surface area contributed by atoms with Crippen LogP contribution in [0.1, 0.15) is 36.4 Å². The molecular formula is C30H34N4O6S. The number of nitrogens with zero attached hydrogens (tertiary/aromatic N) is 3. The maximum atomic E-state index is 12.7. The summed E-state index contributed by atoms with van der Waals surface area (Å²) in [6.45, 7) is 5.98. The molecule has 0 saturated carbocycles. The summed E-state index contributed by atoms with van der Waals surface area (Å²) in [4.78, 5) is 23.6. The van der Waals surface area contributed by atoms with E-state index in [1.807, 2.05) is 30.3 Å². The highest BCUT2D eigenvalue weighted by molar-refractivity contribution is 7.71. The number of ether oxygens (including phenoxy) is 4. The van der Waals surface area contributed by atoms with Crippen LogP contribution in [0, 0.1) is 4.71 Å². The van der Waals surface area contributed by atoms with Gasteiger partial charge in [-0.25, -0.2) is 9.97 Å². The molecule has 0 amide bonds. The van der Waals surface area contributed by atoms with Gasteiger partial charge in [-0.2, -0.15) is 0 Å². The lowest BCUT2D eigenvalue weighted by atomic mass is 10.1. The molecular weight excluding hydrogens is 544 g/mol. The minimum atomic E-state index is -0.485. The van der Waals surface area contributed by atoms with Gasteiger partial charge >= 0.3 is 5.97 Å². The summed E-state index contributed by atoms with van der Waals surface area (Å²) in [5.74, 6) is 1.62. The maximum absolute atomic E-state index is 12.7. The van der Waals surface area contributed by atoms with Crippen LogP contribution in [-0.2, 0) is 29.0 Å². The number of nitrogens with two attached hydrogens (primary N) is 1. The van der Waals surface area contributed by atoms with Gasteiger partial charge in [-0.3, -0.25) is 4.79 Å². The summed E-state index contributed by atoms with van der Waals surface area (Å²) < 4.78 is 27.9. The van der Waals surface area contributed by atoms with E-state index in [1.165, 1.54) is 0 Å². The van der Waals surface area contributed by atoms with Gasteiger partial charge < -0.3 is 34.0 Å². The Bertz CT molecular complexity index is 1580. The molecule has 0 fully saturated rings. The Hall–Kier alpha value is -4.38. The fraction of sp³-hybridized carbons (Fsp3) is 0.333. The fourth-order valence-electron chi connectivity index (χ4n) is 4.60. The molecule has 4 aromatic rings. The minimum Gasteiger partial charge on any atom is -0.493 e. The molecule has 4 rings (SSSR count). The summed E-state index contributed by atoms with van der Waals surface area (Å²) in [5, 5.41) is 0.832. The Morgan fingerprint density at radius 3 is 2.32 bits per heavy atom. The van der Waals surface area contributed by atoms with Crippen molar-refractivity contribution in [2.75, 3.05) is 45.1 Å². The Balaban J connectivity index is 1.44. The van der Waals surface area contributed by atoms with Gasteiger partial charge in [0.2, 0.25) is 5.75 Å². The summed E-state index contributed by atoms with van der Waals surface area (Å²) in [5.41, 5.74) is 10.2. The molecule has 0 unspecified atom stereocenters. The smallest absolute Gasteiger partial charge is 0.313 e. The average molecular weight is 579 g/mol. The van der Waals surface area contributed by atoms with Crippen molar-refractivity contribution >= 4 is 40.7 Å². The second kappa shape index (κ2) is 13.3. The predicted octanol–water partition coefficient (Wildman–Crippen LogP) is 5.28. The van der Waals surface area contributed by atoms with Gasteiger partial charge in [-0.15, -0.1) is 0 Å². The first-order valence-corrected chi connectivity index (χ1v) is 13.6. The van der Waals surface area contributed by atoms with Crippen molar-refractivity contribution in [1.29, 1.82) is 0 Å². The third-order valence-corrected chi connectivity index (χ3v) is 6.90. The first-order chi connectivity index (χ1) is 19.8. The molecule has 2 aromatic heterocycles. The molecule has 0 atom stereocenters. The van der Waals surface area contributed by atoms with E-state index in [0.717, 1.165) is 35.3 Å². The van der Waals surface area contributed by atoms with Crippen molar-refractivity contribution in [2.24, 2.45) is 0 Å². The second-order valence-electron chi connectivity index (χ2n) is 9.19. The van der Waals surface area contributed by atoms with E-state index >= 15 is 0 Å². The van der Waals surface area contributed by atoms with Gasteiger partial charge in [-0.1, -0.05) is 0 Å². The molecule has 216 valence electrons. The molecule has 0 radical (unpaired) electrons. The van der Waals surface area contributed by atoms with E-state index in [0.29, 0.717) is 39.5 Å². The van der Waals surface area contributed by atoms with Crippen molar-refractivity contribution in [3.63, 3.8) is 0 Å². The van der Waals surface area contributed by atoms with Crippen molar-refractivity contribution in [1.82, 2.24) is 9.97 Å². The molecule has 2 heterocycles. The van der Waals surface area contributed by atoms with Crippen LogP contribution in [0.25, 0.3) is 11.0 Å². The SMILES string of the molecule is CCN(CC)c1ccc2c(COC(=O)Cc3ncc(Cc4cc(OC)c(OC)c(OC)c4)c(N)n3)cc(=S)oc2c1. The molecule has 2 aromatic carbocycles. The number of nitrogen functional groups attached to an aromatic ring is 1. The molecule has 2 N–H and O–H groups in total. The van der Waals surface area contributed by atoms with Crippen LogP contribution in [0.15, 0.2) is 47.0 Å². The molecule has 0 saturated heterocycles. The average Bonchev–Trinajstić information content (AvgIpc) is 2.97. The quantitative estimate of drug-likeness (QED) is 0.174. The van der Waals surface area contributed by atoms with Gasteiger partial charge in [0.05, 0.1) is 21.3 Å². The zero-order valence-electron chi connectivity index (χ0n) is 23.9. The number of esters is 1. The van der Waals surface area contributed by atoms with Crippen LogP contribution in [0.3, 0.4) is 0 Å². The lowest BCUT2D eigenvalue weighted by Gasteiger charge is -2.21. The normalized spacial score (nSPS) is 10.9. The Morgan fingerprint density at radius 1 is 1.00 bits per heavy atom. The van der Waals surface area contributed by atoms with E-state index in [-0.39, 0.29) is 24.7 Å². The topological polar surface area (TPSA) is 122 Å². The number of aromatic nitrogens is 2. The highest BCUT2D eigenvalue weighted by Crippen LogP contribution is 2.39. The predicted molar refractivity (Wildman–Crippen MR) is 159 cm³/mol. The third kappa shape index (κ3) is 6.86. The zero-order valence-corrected chi connectivity index (χ0v) is 24.7. The van der Waals surface area contributed by atoms with E-state index in [9.17, 15) is 4.79 Å². The Morgan fingerprint density at radius 2 is 1.71 bits per heavy atom. The van der Waals surface area contributed by atoms with Gasteiger partial charge in [-0.05, 0) is 62.0 Å². The number of rotatable bonds is 12. The zero-order chi connectivity index (χ0) is 29.5. The number of benzene rings is 2. The number of carbonyl (C=O) groups is 1. The van der Waals surface area contributed by atoms with Crippen LogP contribution in [0.2, 0.25) is 0 Å². The largest absolute Gasteiger partial charge is 0.493 e. The van der Waals surface area contributed by atoms with E-state index in [1.54, 1.807) is 33.6 Å².